The van der Waals surface area contributed by atoms with E-state index in [0.29, 0.717) is 11.1 Å². The van der Waals surface area contributed by atoms with Gasteiger partial charge in [-0.25, -0.2) is 4.79 Å². The summed E-state index contributed by atoms with van der Waals surface area (Å²) >= 11 is 0. The van der Waals surface area contributed by atoms with Crippen LogP contribution in [0.4, 0.5) is 11.4 Å². The Morgan fingerprint density at radius 2 is 1.37 bits per heavy atom. The molecule has 3 aromatic rings. The van der Waals surface area contributed by atoms with Gasteiger partial charge in [0.1, 0.15) is 22.7 Å². The molecular formula is C37H50N2O4. The summed E-state index contributed by atoms with van der Waals surface area (Å²) in [5, 5.41) is 0.797. The number of hydrogen-bond donors (Lipinski definition) is 0. The minimum Gasteiger partial charge on any atom is -0.462 e. The molecule has 4 rings (SSSR count). The molecule has 1 aliphatic heterocycles. The lowest BCUT2D eigenvalue weighted by Gasteiger charge is -2.16. The van der Waals surface area contributed by atoms with Crippen LogP contribution in [0.5, 0.6) is 0 Å². The van der Waals surface area contributed by atoms with Gasteiger partial charge < -0.3 is 19.0 Å². The third-order valence-corrected chi connectivity index (χ3v) is 6.73. The zero-order valence-electron chi connectivity index (χ0n) is 27.3. The number of aryl methyl sites for hydroxylation is 1. The average Bonchev–Trinajstić information content (AvgIpc) is 2.93. The van der Waals surface area contributed by atoms with Crippen LogP contribution in [0.2, 0.25) is 0 Å². The first-order chi connectivity index (χ1) is 19.8. The normalized spacial score (nSPS) is 12.3. The molecule has 0 atom stereocenters. The average molecular weight is 587 g/mol. The van der Waals surface area contributed by atoms with Crippen LogP contribution in [-0.4, -0.2) is 34.0 Å². The van der Waals surface area contributed by atoms with Crippen molar-refractivity contribution in [2.24, 2.45) is 0 Å². The molecule has 2 heterocycles. The van der Waals surface area contributed by atoms with E-state index >= 15 is 0 Å². The Morgan fingerprint density at radius 3 is 1.88 bits per heavy atom. The molecule has 0 fully saturated rings. The Balaban J connectivity index is 0.000000404. The number of nitrogens with zero attached hydrogens (tertiary/aromatic N) is 2. The Labute approximate surface area is 258 Å². The predicted octanol–water partition coefficient (Wildman–Crippen LogP) is 9.34. The van der Waals surface area contributed by atoms with Crippen molar-refractivity contribution in [3.63, 3.8) is 0 Å². The monoisotopic (exact) mass is 586 g/mol. The molecule has 232 valence electrons. The van der Waals surface area contributed by atoms with Crippen molar-refractivity contribution in [2.75, 3.05) is 38.0 Å². The van der Waals surface area contributed by atoms with Crippen LogP contribution in [0.1, 0.15) is 77.4 Å². The van der Waals surface area contributed by atoms with Crippen molar-refractivity contribution in [2.45, 2.75) is 62.8 Å². The molecule has 0 radical (unpaired) electrons. The smallest absolute Gasteiger partial charge is 0.347 e. The summed E-state index contributed by atoms with van der Waals surface area (Å²) in [5.41, 5.74) is 7.83. The summed E-state index contributed by atoms with van der Waals surface area (Å²) in [4.78, 5) is 27.2. The van der Waals surface area contributed by atoms with Crippen molar-refractivity contribution in [1.29, 1.82) is 0 Å². The number of carbonyl (C=O) groups excluding carboxylic acids is 1. The van der Waals surface area contributed by atoms with Crippen LogP contribution in [0, 0.1) is 6.92 Å². The number of ketones is 1. The first-order valence-corrected chi connectivity index (χ1v) is 14.3. The number of ether oxygens (including phenoxy) is 1. The number of allylic oxidation sites excluding steroid dienone is 7. The molecule has 0 N–H and O–H groups in total. The van der Waals surface area contributed by atoms with Crippen LogP contribution in [0.15, 0.2) is 92.6 Å². The largest absolute Gasteiger partial charge is 0.462 e. The van der Waals surface area contributed by atoms with Crippen LogP contribution in [0.25, 0.3) is 16.5 Å². The van der Waals surface area contributed by atoms with Gasteiger partial charge in [0.2, 0.25) is 0 Å². The molecule has 6 nitrogen and oxygen atoms in total. The van der Waals surface area contributed by atoms with Gasteiger partial charge in [0, 0.05) is 51.0 Å². The lowest BCUT2D eigenvalue weighted by atomic mass is 10.0. The molecular weight excluding hydrogens is 536 g/mol. The van der Waals surface area contributed by atoms with Crippen molar-refractivity contribution in [3.8, 4) is 0 Å². The SMILES string of the molecule is C.CC.CC(=O)c1c(C)c2ccc(N(C)C)cc2oc1=O.CC1=CC(=C(C)C)C=C(/C=C(\C)c2ccc(N(C)C)cc2)O1. The van der Waals surface area contributed by atoms with E-state index in [0.717, 1.165) is 22.6 Å². The number of carbonyl (C=O) groups is 1. The molecule has 0 spiro atoms. The zero-order chi connectivity index (χ0) is 31.7. The highest BCUT2D eigenvalue weighted by molar-refractivity contribution is 5.99. The summed E-state index contributed by atoms with van der Waals surface area (Å²) in [6.07, 6.45) is 6.28. The van der Waals surface area contributed by atoms with Gasteiger partial charge in [-0.1, -0.05) is 39.0 Å². The molecule has 2 aromatic carbocycles. The Morgan fingerprint density at radius 1 is 0.814 bits per heavy atom. The van der Waals surface area contributed by atoms with Crippen molar-refractivity contribution in [3.05, 3.63) is 110 Å². The highest BCUT2D eigenvalue weighted by Crippen LogP contribution is 2.26. The van der Waals surface area contributed by atoms with Gasteiger partial charge >= 0.3 is 5.63 Å². The molecule has 0 saturated carbocycles. The molecule has 1 aliphatic rings. The quantitative estimate of drug-likeness (QED) is 0.219. The summed E-state index contributed by atoms with van der Waals surface area (Å²) in [5.74, 6) is 1.56. The Hall–Kier alpha value is -4.32. The van der Waals surface area contributed by atoms with Crippen molar-refractivity contribution >= 4 is 33.7 Å². The highest BCUT2D eigenvalue weighted by Gasteiger charge is 2.15. The minimum absolute atomic E-state index is 0. The van der Waals surface area contributed by atoms with Crippen LogP contribution in [-0.2, 0) is 4.74 Å². The second kappa shape index (κ2) is 16.4. The number of hydrogen-bond acceptors (Lipinski definition) is 6. The fourth-order valence-electron chi connectivity index (χ4n) is 4.37. The minimum atomic E-state index is -0.566. The maximum absolute atomic E-state index is 11.8. The van der Waals surface area contributed by atoms with E-state index in [9.17, 15) is 9.59 Å². The van der Waals surface area contributed by atoms with Gasteiger partial charge in [-0.2, -0.15) is 0 Å². The molecule has 0 amide bonds. The van der Waals surface area contributed by atoms with Crippen molar-refractivity contribution in [1.82, 2.24) is 0 Å². The van der Waals surface area contributed by atoms with Crippen LogP contribution >= 0.6 is 0 Å². The zero-order valence-corrected chi connectivity index (χ0v) is 27.3. The second-order valence-corrected chi connectivity index (χ2v) is 10.6. The maximum atomic E-state index is 11.8. The number of Topliss-reactive ketones (excluding diaryl/α,β-unsaturated/α-hetero) is 1. The van der Waals surface area contributed by atoms with E-state index in [1.807, 2.05) is 51.9 Å². The summed E-state index contributed by atoms with van der Waals surface area (Å²) in [6.45, 7) is 15.5. The molecule has 6 heteroatoms. The maximum Gasteiger partial charge on any atom is 0.347 e. The lowest BCUT2D eigenvalue weighted by molar-refractivity contribution is 0.101. The van der Waals surface area contributed by atoms with E-state index in [-0.39, 0.29) is 18.8 Å². The molecule has 0 unspecified atom stereocenters. The number of fused-ring (bicyclic) bond motifs is 1. The number of anilines is 2. The van der Waals surface area contributed by atoms with Crippen LogP contribution < -0.4 is 15.4 Å². The molecule has 0 saturated heterocycles. The van der Waals surface area contributed by atoms with E-state index < -0.39 is 5.63 Å². The summed E-state index contributed by atoms with van der Waals surface area (Å²) < 4.78 is 11.0. The summed E-state index contributed by atoms with van der Waals surface area (Å²) in [6, 6.07) is 14.2. The lowest BCUT2D eigenvalue weighted by Crippen LogP contribution is -2.14. The first kappa shape index (κ1) is 36.7. The second-order valence-electron chi connectivity index (χ2n) is 10.6. The predicted molar refractivity (Wildman–Crippen MR) is 185 cm³/mol. The van der Waals surface area contributed by atoms with Crippen molar-refractivity contribution < 1.29 is 13.9 Å². The third-order valence-electron chi connectivity index (χ3n) is 6.73. The van der Waals surface area contributed by atoms with Gasteiger partial charge in [-0.15, -0.1) is 0 Å². The van der Waals surface area contributed by atoms with E-state index in [1.54, 1.807) is 13.0 Å². The van der Waals surface area contributed by atoms with Gasteiger partial charge in [-0.05, 0) is 106 Å². The summed E-state index contributed by atoms with van der Waals surface area (Å²) in [7, 11) is 7.93. The molecule has 43 heavy (non-hydrogen) atoms. The Bertz CT molecular complexity index is 1590. The Kier molecular flexibility index (Phi) is 14.0. The standard InChI is InChI=1S/C20H25NO.C14H15NO3.C2H6.CH4/c1-14(2)18-12-16(4)22-20(13-18)11-15(3)17-7-9-19(10-8-17)21(5)6;1-8-11-6-5-10(15(3)4)7-12(11)18-14(17)13(8)9(2)16;1-2;/h7-13H,1-6H3;5-7H,1-4H3;1-2H3;1H4/b15-11+;;;. The van der Waals surface area contributed by atoms with E-state index in [1.165, 1.54) is 34.9 Å². The van der Waals surface area contributed by atoms with Gasteiger partial charge in [0.25, 0.3) is 0 Å². The van der Waals surface area contributed by atoms with E-state index in [4.69, 9.17) is 9.15 Å². The molecule has 0 aliphatic carbocycles. The van der Waals surface area contributed by atoms with E-state index in [2.05, 4.69) is 82.3 Å². The number of rotatable bonds is 5. The van der Waals surface area contributed by atoms with Gasteiger partial charge in [0.05, 0.1) is 0 Å². The molecule has 1 aromatic heterocycles. The molecule has 0 bridgehead atoms. The number of benzene rings is 2. The van der Waals surface area contributed by atoms with Gasteiger partial charge in [0.15, 0.2) is 5.78 Å². The van der Waals surface area contributed by atoms with Crippen LogP contribution in [0.3, 0.4) is 0 Å². The van der Waals surface area contributed by atoms with Gasteiger partial charge in [-0.3, -0.25) is 4.79 Å². The third kappa shape index (κ3) is 9.60. The fraction of sp³-hybridized carbons (Fsp3) is 0.351. The topological polar surface area (TPSA) is 63.0 Å². The highest BCUT2D eigenvalue weighted by atomic mass is 16.5. The fourth-order valence-corrected chi connectivity index (χ4v) is 4.37. The first-order valence-electron chi connectivity index (χ1n) is 14.3.